The van der Waals surface area contributed by atoms with Gasteiger partial charge in [-0.25, -0.2) is 13.4 Å². The molecule has 0 amide bonds. The molecule has 1 saturated heterocycles. The molecule has 2 aromatic rings. The lowest BCUT2D eigenvalue weighted by Gasteiger charge is -2.37. The number of benzene rings is 1. The number of methoxy groups -OCH3 is 1. The normalized spacial score (nSPS) is 15.9. The van der Waals surface area contributed by atoms with E-state index in [0.29, 0.717) is 24.7 Å². The van der Waals surface area contributed by atoms with Gasteiger partial charge in [0.2, 0.25) is 15.9 Å². The van der Waals surface area contributed by atoms with Gasteiger partial charge in [-0.15, -0.1) is 0 Å². The van der Waals surface area contributed by atoms with E-state index in [4.69, 9.17) is 9.47 Å². The van der Waals surface area contributed by atoms with Gasteiger partial charge < -0.3 is 9.47 Å². The Morgan fingerprint density at radius 3 is 2.65 bits per heavy atom. The van der Waals surface area contributed by atoms with Gasteiger partial charge in [-0.05, 0) is 30.7 Å². The predicted octanol–water partition coefficient (Wildman–Crippen LogP) is 1.85. The minimum Gasteiger partial charge on any atom is -0.495 e. The molecule has 0 spiro atoms. The fourth-order valence-electron chi connectivity index (χ4n) is 2.38. The van der Waals surface area contributed by atoms with Crippen LogP contribution in [0.5, 0.6) is 11.6 Å². The van der Waals surface area contributed by atoms with Crippen LogP contribution in [0.3, 0.4) is 0 Å². The van der Waals surface area contributed by atoms with Crippen molar-refractivity contribution in [2.24, 2.45) is 0 Å². The fourth-order valence-corrected chi connectivity index (χ4v) is 4.13. The van der Waals surface area contributed by atoms with E-state index in [-0.39, 0.29) is 11.0 Å². The maximum atomic E-state index is 12.7. The van der Waals surface area contributed by atoms with Crippen molar-refractivity contribution in [3.05, 3.63) is 48.2 Å². The van der Waals surface area contributed by atoms with Gasteiger partial charge in [-0.1, -0.05) is 12.1 Å². The van der Waals surface area contributed by atoms with Crippen molar-refractivity contribution in [1.82, 2.24) is 9.29 Å². The zero-order valence-corrected chi connectivity index (χ0v) is 13.8. The molecular formula is C16H18N2O4S. The molecule has 0 radical (unpaired) electrons. The smallest absolute Gasteiger partial charge is 0.247 e. The molecule has 0 N–H and O–H groups in total. The highest BCUT2D eigenvalue weighted by atomic mass is 32.2. The third kappa shape index (κ3) is 3.16. The van der Waals surface area contributed by atoms with Crippen LogP contribution in [0.25, 0.3) is 0 Å². The number of hydrogen-bond acceptors (Lipinski definition) is 5. The molecule has 1 aliphatic rings. The molecule has 6 nitrogen and oxygen atoms in total. The van der Waals surface area contributed by atoms with Gasteiger partial charge in [0.25, 0.3) is 0 Å². The van der Waals surface area contributed by atoms with E-state index in [1.54, 1.807) is 30.5 Å². The maximum Gasteiger partial charge on any atom is 0.247 e. The molecule has 0 bridgehead atoms. The van der Waals surface area contributed by atoms with Crippen molar-refractivity contribution in [2.75, 3.05) is 20.2 Å². The largest absolute Gasteiger partial charge is 0.495 e. The highest BCUT2D eigenvalue weighted by Gasteiger charge is 2.39. The summed E-state index contributed by atoms with van der Waals surface area (Å²) in [7, 11) is -2.12. The molecule has 0 saturated carbocycles. The van der Waals surface area contributed by atoms with Gasteiger partial charge >= 0.3 is 0 Å². The fraction of sp³-hybridized carbons (Fsp3) is 0.312. The number of nitrogens with zero attached hydrogens (tertiary/aromatic N) is 2. The lowest BCUT2D eigenvalue weighted by atomic mass is 10.2. The summed E-state index contributed by atoms with van der Waals surface area (Å²) in [4.78, 5) is 4.27. The van der Waals surface area contributed by atoms with Gasteiger partial charge in [0.05, 0.1) is 20.2 Å². The van der Waals surface area contributed by atoms with Gasteiger partial charge in [-0.3, -0.25) is 0 Å². The average Bonchev–Trinajstić information content (AvgIpc) is 2.51. The van der Waals surface area contributed by atoms with Gasteiger partial charge in [-0.2, -0.15) is 4.31 Å². The van der Waals surface area contributed by atoms with Crippen molar-refractivity contribution in [2.45, 2.75) is 17.9 Å². The number of ether oxygens (including phenoxy) is 2. The van der Waals surface area contributed by atoms with E-state index in [0.717, 1.165) is 5.56 Å². The molecule has 1 fully saturated rings. The lowest BCUT2D eigenvalue weighted by molar-refractivity contribution is 0.0720. The zero-order valence-electron chi connectivity index (χ0n) is 13.0. The van der Waals surface area contributed by atoms with Crippen LogP contribution in [-0.4, -0.2) is 44.0 Å². The van der Waals surface area contributed by atoms with E-state index in [9.17, 15) is 8.42 Å². The third-order valence-electron chi connectivity index (χ3n) is 3.68. The first-order valence-electron chi connectivity index (χ1n) is 7.23. The molecule has 23 heavy (non-hydrogen) atoms. The van der Waals surface area contributed by atoms with E-state index >= 15 is 0 Å². The van der Waals surface area contributed by atoms with E-state index in [1.807, 2.05) is 19.1 Å². The van der Waals surface area contributed by atoms with Crippen molar-refractivity contribution in [3.63, 3.8) is 0 Å². The summed E-state index contributed by atoms with van der Waals surface area (Å²) in [5.41, 5.74) is 0.867. The summed E-state index contributed by atoms with van der Waals surface area (Å²) in [5, 5.41) is 0. The number of rotatable bonds is 5. The molecule has 1 aromatic heterocycles. The number of pyridine rings is 1. The molecule has 3 rings (SSSR count). The molecule has 1 aliphatic heterocycles. The summed E-state index contributed by atoms with van der Waals surface area (Å²) < 4.78 is 37.6. The van der Waals surface area contributed by atoms with Crippen molar-refractivity contribution in [3.8, 4) is 11.6 Å². The number of aromatic nitrogens is 1. The average molecular weight is 334 g/mol. The molecule has 2 heterocycles. The number of hydrogen-bond donors (Lipinski definition) is 0. The van der Waals surface area contributed by atoms with Crippen molar-refractivity contribution in [1.29, 1.82) is 0 Å². The predicted molar refractivity (Wildman–Crippen MR) is 85.1 cm³/mol. The lowest BCUT2D eigenvalue weighted by Crippen LogP contribution is -2.56. The Hall–Kier alpha value is -2.12. The summed E-state index contributed by atoms with van der Waals surface area (Å²) >= 11 is 0. The van der Waals surface area contributed by atoms with Crippen molar-refractivity contribution >= 4 is 10.0 Å². The van der Waals surface area contributed by atoms with Crippen LogP contribution in [0.2, 0.25) is 0 Å². The van der Waals surface area contributed by atoms with E-state index in [1.165, 1.54) is 11.4 Å². The minimum absolute atomic E-state index is 0.185. The second-order valence-corrected chi connectivity index (χ2v) is 7.29. The Morgan fingerprint density at radius 1 is 1.22 bits per heavy atom. The first-order chi connectivity index (χ1) is 11.0. The van der Waals surface area contributed by atoms with E-state index in [2.05, 4.69) is 4.98 Å². The second-order valence-electron chi connectivity index (χ2n) is 5.38. The highest BCUT2D eigenvalue weighted by Crippen LogP contribution is 2.30. The SMILES string of the molecule is COc1ccc(C)cc1S(=O)(=O)N1CC(Oc2ccccn2)C1. The minimum atomic E-state index is -3.58. The third-order valence-corrected chi connectivity index (χ3v) is 5.53. The van der Waals surface area contributed by atoms with Crippen LogP contribution >= 0.6 is 0 Å². The molecule has 122 valence electrons. The first-order valence-corrected chi connectivity index (χ1v) is 8.67. The van der Waals surface area contributed by atoms with Crippen LogP contribution < -0.4 is 9.47 Å². The second kappa shape index (κ2) is 6.17. The molecule has 0 unspecified atom stereocenters. The number of aryl methyl sites for hydroxylation is 1. The van der Waals surface area contributed by atoms with Crippen molar-refractivity contribution < 1.29 is 17.9 Å². The highest BCUT2D eigenvalue weighted by molar-refractivity contribution is 7.89. The molecular weight excluding hydrogens is 316 g/mol. The molecule has 0 atom stereocenters. The van der Waals surface area contributed by atoms with Gasteiger partial charge in [0, 0.05) is 12.3 Å². The Balaban J connectivity index is 1.72. The van der Waals surface area contributed by atoms with Crippen LogP contribution in [0.1, 0.15) is 5.56 Å². The first kappa shape index (κ1) is 15.8. The molecule has 0 aliphatic carbocycles. The Bertz CT molecular complexity index is 787. The molecule has 7 heteroatoms. The summed E-state index contributed by atoms with van der Waals surface area (Å²) in [6, 6.07) is 10.5. The van der Waals surface area contributed by atoms with Gasteiger partial charge in [0.1, 0.15) is 16.7 Å². The van der Waals surface area contributed by atoms with E-state index < -0.39 is 10.0 Å². The topological polar surface area (TPSA) is 68.7 Å². The Kier molecular flexibility index (Phi) is 4.23. The Labute approximate surface area is 135 Å². The summed E-state index contributed by atoms with van der Waals surface area (Å²) in [6.07, 6.45) is 1.45. The monoisotopic (exact) mass is 334 g/mol. The zero-order chi connectivity index (χ0) is 16.4. The maximum absolute atomic E-state index is 12.7. The quantitative estimate of drug-likeness (QED) is 0.835. The van der Waals surface area contributed by atoms with Crippen LogP contribution in [-0.2, 0) is 10.0 Å². The van der Waals surface area contributed by atoms with Crippen LogP contribution in [0.4, 0.5) is 0 Å². The van der Waals surface area contributed by atoms with Crippen LogP contribution in [0.15, 0.2) is 47.5 Å². The standard InChI is InChI=1S/C16H18N2O4S/c1-12-6-7-14(21-2)15(9-12)23(19,20)18-10-13(11-18)22-16-5-3-4-8-17-16/h3-9,13H,10-11H2,1-2H3. The van der Waals surface area contributed by atoms with Crippen LogP contribution in [0, 0.1) is 6.92 Å². The number of sulfonamides is 1. The summed E-state index contributed by atoms with van der Waals surface area (Å²) in [5.74, 6) is 0.854. The Morgan fingerprint density at radius 2 is 2.00 bits per heavy atom. The molecule has 1 aromatic carbocycles. The van der Waals surface area contributed by atoms with Gasteiger partial charge in [0.15, 0.2) is 0 Å². The summed E-state index contributed by atoms with van der Waals surface area (Å²) in [6.45, 7) is 2.45.